The van der Waals surface area contributed by atoms with Gasteiger partial charge in [0.15, 0.2) is 0 Å². The molecule has 0 saturated carbocycles. The van der Waals surface area contributed by atoms with E-state index in [1.807, 2.05) is 25.7 Å². The monoisotopic (exact) mass is 324 g/mol. The summed E-state index contributed by atoms with van der Waals surface area (Å²) in [5.74, 6) is 0. The van der Waals surface area contributed by atoms with Gasteiger partial charge in [-0.25, -0.2) is 4.79 Å². The van der Waals surface area contributed by atoms with Crippen molar-refractivity contribution in [2.45, 2.75) is 77.1 Å². The fraction of sp³-hybridized carbons (Fsp3) is 0.833. The van der Waals surface area contributed by atoms with Gasteiger partial charge in [-0.3, -0.25) is 0 Å². The molecule has 1 aliphatic heterocycles. The van der Waals surface area contributed by atoms with Gasteiger partial charge >= 0.3 is 6.09 Å². The normalized spacial score (nSPS) is 26.9. The highest BCUT2D eigenvalue weighted by molar-refractivity contribution is 5.68. The van der Waals surface area contributed by atoms with Crippen LogP contribution in [0.4, 0.5) is 4.79 Å². The maximum Gasteiger partial charge on any atom is 0.410 e. The average molecular weight is 324 g/mol. The van der Waals surface area contributed by atoms with E-state index in [-0.39, 0.29) is 12.1 Å². The Kier molecular flexibility index (Phi) is 6.48. The van der Waals surface area contributed by atoms with Gasteiger partial charge in [-0.05, 0) is 53.4 Å². The van der Waals surface area contributed by atoms with E-state index in [2.05, 4.69) is 24.4 Å². The SMILES string of the molecule is CC(CC1COCCN1C(=O)OC(C)(C)C)NC1CC=CCC1. The Morgan fingerprint density at radius 2 is 2.22 bits per heavy atom. The quantitative estimate of drug-likeness (QED) is 0.807. The molecular weight excluding hydrogens is 292 g/mol. The summed E-state index contributed by atoms with van der Waals surface area (Å²) in [6.07, 6.45) is 8.62. The molecule has 2 aliphatic rings. The first-order chi connectivity index (χ1) is 10.8. The Balaban J connectivity index is 1.87. The van der Waals surface area contributed by atoms with E-state index in [1.54, 1.807) is 0 Å². The molecule has 2 rings (SSSR count). The number of allylic oxidation sites excluding steroid dienone is 1. The van der Waals surface area contributed by atoms with E-state index in [4.69, 9.17) is 9.47 Å². The van der Waals surface area contributed by atoms with Crippen molar-refractivity contribution in [1.82, 2.24) is 10.2 Å². The number of amides is 1. The zero-order chi connectivity index (χ0) is 16.9. The number of carbonyl (C=O) groups is 1. The summed E-state index contributed by atoms with van der Waals surface area (Å²) in [7, 11) is 0. The highest BCUT2D eigenvalue weighted by atomic mass is 16.6. The second-order valence-electron chi connectivity index (χ2n) is 7.69. The number of rotatable bonds is 4. The first-order valence-electron chi connectivity index (χ1n) is 8.83. The molecule has 1 aliphatic carbocycles. The second kappa shape index (κ2) is 8.15. The van der Waals surface area contributed by atoms with Gasteiger partial charge in [-0.1, -0.05) is 12.2 Å². The van der Waals surface area contributed by atoms with Gasteiger partial charge in [0.05, 0.1) is 19.3 Å². The molecule has 0 aromatic heterocycles. The minimum atomic E-state index is -0.460. The van der Waals surface area contributed by atoms with E-state index in [0.29, 0.717) is 31.8 Å². The minimum absolute atomic E-state index is 0.0835. The predicted molar refractivity (Wildman–Crippen MR) is 91.5 cm³/mol. The Morgan fingerprint density at radius 3 is 2.87 bits per heavy atom. The number of nitrogens with zero attached hydrogens (tertiary/aromatic N) is 1. The average Bonchev–Trinajstić information content (AvgIpc) is 2.47. The lowest BCUT2D eigenvalue weighted by atomic mass is 9.99. The Bertz CT molecular complexity index is 417. The molecule has 0 bridgehead atoms. The van der Waals surface area contributed by atoms with Crippen molar-refractivity contribution in [2.75, 3.05) is 19.8 Å². The zero-order valence-electron chi connectivity index (χ0n) is 15.0. The van der Waals surface area contributed by atoms with Gasteiger partial charge < -0.3 is 19.7 Å². The number of nitrogens with one attached hydrogen (secondary N) is 1. The molecule has 1 N–H and O–H groups in total. The van der Waals surface area contributed by atoms with Crippen LogP contribution in [0.15, 0.2) is 12.2 Å². The van der Waals surface area contributed by atoms with E-state index in [0.717, 1.165) is 19.3 Å². The molecule has 5 heteroatoms. The lowest BCUT2D eigenvalue weighted by molar-refractivity contribution is -0.0357. The van der Waals surface area contributed by atoms with Crippen LogP contribution in [0.3, 0.4) is 0 Å². The molecule has 132 valence electrons. The molecule has 3 atom stereocenters. The summed E-state index contributed by atoms with van der Waals surface area (Å²) in [6, 6.07) is 0.984. The van der Waals surface area contributed by atoms with Gasteiger partial charge in [-0.15, -0.1) is 0 Å². The fourth-order valence-corrected chi connectivity index (χ4v) is 3.23. The molecule has 5 nitrogen and oxygen atoms in total. The van der Waals surface area contributed by atoms with Crippen LogP contribution in [0.5, 0.6) is 0 Å². The summed E-state index contributed by atoms with van der Waals surface area (Å²) in [5, 5.41) is 3.69. The molecule has 0 aromatic carbocycles. The highest BCUT2D eigenvalue weighted by Crippen LogP contribution is 2.19. The molecule has 1 fully saturated rings. The number of carbonyl (C=O) groups excluding carboxylic acids is 1. The van der Waals surface area contributed by atoms with Crippen molar-refractivity contribution in [2.24, 2.45) is 0 Å². The molecule has 1 heterocycles. The Labute approximate surface area is 140 Å². The van der Waals surface area contributed by atoms with Gasteiger partial charge in [0.1, 0.15) is 5.60 Å². The van der Waals surface area contributed by atoms with Crippen LogP contribution in [0.25, 0.3) is 0 Å². The van der Waals surface area contributed by atoms with E-state index in [9.17, 15) is 4.79 Å². The van der Waals surface area contributed by atoms with Crippen LogP contribution in [0.2, 0.25) is 0 Å². The van der Waals surface area contributed by atoms with E-state index < -0.39 is 5.60 Å². The largest absolute Gasteiger partial charge is 0.444 e. The van der Waals surface area contributed by atoms with E-state index in [1.165, 1.54) is 6.42 Å². The maximum atomic E-state index is 12.4. The van der Waals surface area contributed by atoms with Gasteiger partial charge in [0, 0.05) is 18.6 Å². The van der Waals surface area contributed by atoms with Crippen LogP contribution in [-0.4, -0.2) is 54.5 Å². The van der Waals surface area contributed by atoms with Crippen LogP contribution >= 0.6 is 0 Å². The Morgan fingerprint density at radius 1 is 1.43 bits per heavy atom. The lowest BCUT2D eigenvalue weighted by Gasteiger charge is -2.38. The summed E-state index contributed by atoms with van der Waals surface area (Å²) < 4.78 is 11.1. The molecule has 3 unspecified atom stereocenters. The summed E-state index contributed by atoms with van der Waals surface area (Å²) >= 11 is 0. The fourth-order valence-electron chi connectivity index (χ4n) is 3.23. The predicted octanol–water partition coefficient (Wildman–Crippen LogP) is 3.10. The van der Waals surface area contributed by atoms with Crippen molar-refractivity contribution in [3.8, 4) is 0 Å². The molecule has 0 aromatic rings. The molecule has 0 spiro atoms. The van der Waals surface area contributed by atoms with Crippen molar-refractivity contribution in [3.63, 3.8) is 0 Å². The van der Waals surface area contributed by atoms with Crippen molar-refractivity contribution in [1.29, 1.82) is 0 Å². The third-order valence-electron chi connectivity index (χ3n) is 4.27. The topological polar surface area (TPSA) is 50.8 Å². The molecule has 1 amide bonds. The van der Waals surface area contributed by atoms with Crippen LogP contribution in [-0.2, 0) is 9.47 Å². The number of ether oxygens (including phenoxy) is 2. The third kappa shape index (κ3) is 6.15. The van der Waals surface area contributed by atoms with Crippen LogP contribution in [0, 0.1) is 0 Å². The maximum absolute atomic E-state index is 12.4. The van der Waals surface area contributed by atoms with Crippen molar-refractivity contribution in [3.05, 3.63) is 12.2 Å². The smallest absolute Gasteiger partial charge is 0.410 e. The first kappa shape index (κ1) is 18.3. The lowest BCUT2D eigenvalue weighted by Crippen LogP contribution is -2.52. The van der Waals surface area contributed by atoms with Gasteiger partial charge in [0.25, 0.3) is 0 Å². The second-order valence-corrected chi connectivity index (χ2v) is 7.69. The number of hydrogen-bond donors (Lipinski definition) is 1. The van der Waals surface area contributed by atoms with Crippen LogP contribution in [0.1, 0.15) is 53.4 Å². The van der Waals surface area contributed by atoms with Gasteiger partial charge in [0.2, 0.25) is 0 Å². The summed E-state index contributed by atoms with van der Waals surface area (Å²) in [5.41, 5.74) is -0.460. The molecule has 1 saturated heterocycles. The Hall–Kier alpha value is -1.07. The summed E-state index contributed by atoms with van der Waals surface area (Å²) in [4.78, 5) is 14.3. The van der Waals surface area contributed by atoms with Gasteiger partial charge in [-0.2, -0.15) is 0 Å². The number of hydrogen-bond acceptors (Lipinski definition) is 4. The minimum Gasteiger partial charge on any atom is -0.444 e. The van der Waals surface area contributed by atoms with Crippen LogP contribution < -0.4 is 5.32 Å². The molecular formula is C18H32N2O3. The van der Waals surface area contributed by atoms with E-state index >= 15 is 0 Å². The zero-order valence-corrected chi connectivity index (χ0v) is 15.0. The first-order valence-corrected chi connectivity index (χ1v) is 8.83. The highest BCUT2D eigenvalue weighted by Gasteiger charge is 2.32. The standard InChI is InChI=1S/C18H32N2O3/c1-14(19-15-8-6-5-7-9-15)12-16-13-22-11-10-20(16)17(21)23-18(2,3)4/h5-6,14-16,19H,7-13H2,1-4H3. The molecule has 23 heavy (non-hydrogen) atoms. The molecule has 0 radical (unpaired) electrons. The van der Waals surface area contributed by atoms with Crippen molar-refractivity contribution < 1.29 is 14.3 Å². The summed E-state index contributed by atoms with van der Waals surface area (Å²) in [6.45, 7) is 9.70. The third-order valence-corrected chi connectivity index (χ3v) is 4.27. The van der Waals surface area contributed by atoms with Crippen molar-refractivity contribution >= 4 is 6.09 Å². The number of morpholine rings is 1.